The van der Waals surface area contributed by atoms with Gasteiger partial charge >= 0.3 is 0 Å². The minimum atomic E-state index is -0.592. The average molecular weight is 376 g/mol. The van der Waals surface area contributed by atoms with E-state index in [1.807, 2.05) is 26.0 Å². The van der Waals surface area contributed by atoms with Crippen LogP contribution in [0.25, 0.3) is 0 Å². The van der Waals surface area contributed by atoms with Crippen molar-refractivity contribution in [1.82, 2.24) is 20.4 Å². The van der Waals surface area contributed by atoms with Crippen LogP contribution in [-0.4, -0.2) is 67.4 Å². The number of rotatable bonds is 8. The van der Waals surface area contributed by atoms with E-state index < -0.39 is 6.04 Å². The fraction of sp³-hybridized carbons (Fsp3) is 0.600. The van der Waals surface area contributed by atoms with Crippen LogP contribution in [0.3, 0.4) is 0 Å². The summed E-state index contributed by atoms with van der Waals surface area (Å²) in [6.07, 6.45) is 0. The molecule has 0 saturated carbocycles. The number of nitrogens with one attached hydrogen (secondary N) is 2. The molecule has 27 heavy (non-hydrogen) atoms. The SMILES string of the molecule is CC(C)[C@H](N)C(=O)NCC(=O)NCc1ccc(CN2CCN(C)CC2)cc1. The zero-order chi connectivity index (χ0) is 19.8. The number of carbonyl (C=O) groups is 2. The van der Waals surface area contributed by atoms with Gasteiger partial charge in [0.1, 0.15) is 0 Å². The first-order valence-corrected chi connectivity index (χ1v) is 9.64. The topological polar surface area (TPSA) is 90.7 Å². The van der Waals surface area contributed by atoms with Gasteiger partial charge in [-0.1, -0.05) is 38.1 Å². The number of likely N-dealkylation sites (N-methyl/N-ethyl adjacent to an activating group) is 1. The molecule has 2 rings (SSSR count). The lowest BCUT2D eigenvalue weighted by Gasteiger charge is -2.32. The van der Waals surface area contributed by atoms with E-state index in [1.54, 1.807) is 0 Å². The maximum Gasteiger partial charge on any atom is 0.239 e. The first-order chi connectivity index (χ1) is 12.8. The second-order valence-electron chi connectivity index (χ2n) is 7.66. The number of benzene rings is 1. The standard InChI is InChI=1S/C20H33N5O2/c1-15(2)19(21)20(27)23-13-18(26)22-12-16-4-6-17(7-5-16)14-25-10-8-24(3)9-11-25/h4-7,15,19H,8-14,21H2,1-3H3,(H,22,26)(H,23,27)/t19-/m0/s1. The molecule has 1 saturated heterocycles. The Morgan fingerprint density at radius 2 is 1.63 bits per heavy atom. The number of nitrogens with two attached hydrogens (primary N) is 1. The Kier molecular flexibility index (Phi) is 8.22. The van der Waals surface area contributed by atoms with E-state index in [9.17, 15) is 9.59 Å². The molecule has 1 heterocycles. The van der Waals surface area contributed by atoms with Crippen molar-refractivity contribution >= 4 is 11.8 Å². The van der Waals surface area contributed by atoms with E-state index in [1.165, 1.54) is 5.56 Å². The van der Waals surface area contributed by atoms with Crippen LogP contribution < -0.4 is 16.4 Å². The summed E-state index contributed by atoms with van der Waals surface area (Å²) in [4.78, 5) is 28.5. The molecule has 7 nitrogen and oxygen atoms in total. The number of amides is 2. The van der Waals surface area contributed by atoms with Crippen LogP contribution in [0, 0.1) is 5.92 Å². The van der Waals surface area contributed by atoms with Gasteiger partial charge in [0.2, 0.25) is 11.8 Å². The summed E-state index contributed by atoms with van der Waals surface area (Å²) in [6, 6.07) is 7.72. The lowest BCUT2D eigenvalue weighted by atomic mass is 10.1. The minimum Gasteiger partial charge on any atom is -0.350 e. The second-order valence-corrected chi connectivity index (χ2v) is 7.66. The van der Waals surface area contributed by atoms with Gasteiger partial charge in [-0.25, -0.2) is 0 Å². The molecule has 1 atom stereocenters. The van der Waals surface area contributed by atoms with Crippen molar-refractivity contribution in [2.75, 3.05) is 39.8 Å². The maximum atomic E-state index is 11.9. The van der Waals surface area contributed by atoms with Crippen molar-refractivity contribution in [2.24, 2.45) is 11.7 Å². The number of carbonyl (C=O) groups excluding carboxylic acids is 2. The predicted molar refractivity (Wildman–Crippen MR) is 107 cm³/mol. The van der Waals surface area contributed by atoms with E-state index in [0.29, 0.717) is 6.54 Å². The van der Waals surface area contributed by atoms with E-state index >= 15 is 0 Å². The molecule has 0 spiro atoms. The van der Waals surface area contributed by atoms with Crippen LogP contribution in [0.15, 0.2) is 24.3 Å². The van der Waals surface area contributed by atoms with Crippen LogP contribution in [0.1, 0.15) is 25.0 Å². The Balaban J connectivity index is 1.70. The summed E-state index contributed by atoms with van der Waals surface area (Å²) in [7, 11) is 2.16. The van der Waals surface area contributed by atoms with Crippen LogP contribution >= 0.6 is 0 Å². The van der Waals surface area contributed by atoms with Gasteiger partial charge in [0, 0.05) is 39.3 Å². The largest absolute Gasteiger partial charge is 0.350 e. The van der Waals surface area contributed by atoms with Gasteiger partial charge in [-0.3, -0.25) is 14.5 Å². The maximum absolute atomic E-state index is 11.9. The van der Waals surface area contributed by atoms with Crippen LogP contribution in [-0.2, 0) is 22.7 Å². The minimum absolute atomic E-state index is 0.0393. The fourth-order valence-corrected chi connectivity index (χ4v) is 2.88. The van der Waals surface area contributed by atoms with Crippen molar-refractivity contribution in [3.05, 3.63) is 35.4 Å². The van der Waals surface area contributed by atoms with Gasteiger partial charge in [0.15, 0.2) is 0 Å². The summed E-state index contributed by atoms with van der Waals surface area (Å²) in [5.74, 6) is -0.480. The monoisotopic (exact) mass is 375 g/mol. The number of nitrogens with zero attached hydrogens (tertiary/aromatic N) is 2. The average Bonchev–Trinajstić information content (AvgIpc) is 2.66. The second kappa shape index (κ2) is 10.4. The van der Waals surface area contributed by atoms with Crippen molar-refractivity contribution in [2.45, 2.75) is 33.0 Å². The van der Waals surface area contributed by atoms with Crippen LogP contribution in [0.5, 0.6) is 0 Å². The van der Waals surface area contributed by atoms with Gasteiger partial charge in [0.25, 0.3) is 0 Å². The van der Waals surface area contributed by atoms with Gasteiger partial charge in [0.05, 0.1) is 12.6 Å². The summed E-state index contributed by atoms with van der Waals surface area (Å²) in [5, 5.41) is 5.39. The Hall–Kier alpha value is -1.96. The third kappa shape index (κ3) is 7.28. The molecule has 1 fully saturated rings. The van der Waals surface area contributed by atoms with Crippen molar-refractivity contribution < 1.29 is 9.59 Å². The number of piperazine rings is 1. The fourth-order valence-electron chi connectivity index (χ4n) is 2.88. The molecule has 7 heteroatoms. The first kappa shape index (κ1) is 21.3. The molecule has 0 aromatic heterocycles. The molecule has 0 bridgehead atoms. The highest BCUT2D eigenvalue weighted by Gasteiger charge is 2.17. The molecule has 0 radical (unpaired) electrons. The summed E-state index contributed by atoms with van der Waals surface area (Å²) in [5.41, 5.74) is 8.07. The molecule has 150 valence electrons. The highest BCUT2D eigenvalue weighted by atomic mass is 16.2. The molecular formula is C20H33N5O2. The molecule has 1 aliphatic rings. The Morgan fingerprint density at radius 3 is 2.22 bits per heavy atom. The zero-order valence-electron chi connectivity index (χ0n) is 16.7. The predicted octanol–water partition coefficient (Wildman–Crippen LogP) is 0.150. The summed E-state index contributed by atoms with van der Waals surface area (Å²) < 4.78 is 0. The molecule has 1 aliphatic heterocycles. The van der Waals surface area contributed by atoms with Gasteiger partial charge in [-0.15, -0.1) is 0 Å². The molecule has 1 aromatic carbocycles. The van der Waals surface area contributed by atoms with Crippen LogP contribution in [0.4, 0.5) is 0 Å². The molecule has 0 unspecified atom stereocenters. The Bertz CT molecular complexity index is 609. The highest BCUT2D eigenvalue weighted by Crippen LogP contribution is 2.09. The Morgan fingerprint density at radius 1 is 1.04 bits per heavy atom. The number of hydrogen-bond donors (Lipinski definition) is 3. The van der Waals surface area contributed by atoms with Crippen molar-refractivity contribution in [1.29, 1.82) is 0 Å². The van der Waals surface area contributed by atoms with Gasteiger partial charge < -0.3 is 21.3 Å². The molecule has 0 aliphatic carbocycles. The third-order valence-electron chi connectivity index (χ3n) is 4.96. The van der Waals surface area contributed by atoms with E-state index in [-0.39, 0.29) is 24.3 Å². The lowest BCUT2D eigenvalue weighted by molar-refractivity contribution is -0.127. The zero-order valence-corrected chi connectivity index (χ0v) is 16.7. The number of hydrogen-bond acceptors (Lipinski definition) is 5. The Labute approximate surface area is 162 Å². The summed E-state index contributed by atoms with van der Waals surface area (Å²) in [6.45, 7) is 9.52. The van der Waals surface area contributed by atoms with Crippen LogP contribution in [0.2, 0.25) is 0 Å². The molecule has 2 amide bonds. The molecule has 1 aromatic rings. The third-order valence-corrected chi connectivity index (χ3v) is 4.96. The van der Waals surface area contributed by atoms with E-state index in [0.717, 1.165) is 38.3 Å². The highest BCUT2D eigenvalue weighted by molar-refractivity contribution is 5.87. The molecule has 4 N–H and O–H groups in total. The summed E-state index contributed by atoms with van der Waals surface area (Å²) >= 11 is 0. The van der Waals surface area contributed by atoms with Gasteiger partial charge in [-0.05, 0) is 24.1 Å². The first-order valence-electron chi connectivity index (χ1n) is 9.64. The van der Waals surface area contributed by atoms with Crippen molar-refractivity contribution in [3.63, 3.8) is 0 Å². The lowest BCUT2D eigenvalue weighted by Crippen LogP contribution is -2.47. The van der Waals surface area contributed by atoms with E-state index in [4.69, 9.17) is 5.73 Å². The van der Waals surface area contributed by atoms with Gasteiger partial charge in [-0.2, -0.15) is 0 Å². The normalized spacial score (nSPS) is 16.9. The van der Waals surface area contributed by atoms with Crippen molar-refractivity contribution in [3.8, 4) is 0 Å². The smallest absolute Gasteiger partial charge is 0.239 e. The van der Waals surface area contributed by atoms with E-state index in [2.05, 4.69) is 39.6 Å². The molecular weight excluding hydrogens is 342 g/mol. The quantitative estimate of drug-likeness (QED) is 0.602.